The predicted octanol–water partition coefficient (Wildman–Crippen LogP) is 3.87. The van der Waals surface area contributed by atoms with Crippen LogP contribution in [0.1, 0.15) is 31.0 Å². The van der Waals surface area contributed by atoms with Crippen LogP contribution in [0, 0.1) is 0 Å². The Morgan fingerprint density at radius 1 is 1.33 bits per heavy atom. The third-order valence-corrected chi connectivity index (χ3v) is 3.44. The minimum Gasteiger partial charge on any atom is -0.353 e. The highest BCUT2D eigenvalue weighted by Gasteiger charge is 2.17. The molecule has 2 heterocycles. The van der Waals surface area contributed by atoms with Gasteiger partial charge in [-0.3, -0.25) is 4.99 Å². The summed E-state index contributed by atoms with van der Waals surface area (Å²) in [7, 11) is 0. The molecule has 3 rings (SSSR count). The number of unbranched alkanes of at least 4 members (excludes halogenated alkanes) is 1. The van der Waals surface area contributed by atoms with Gasteiger partial charge in [0.2, 0.25) is 0 Å². The van der Waals surface area contributed by atoms with Crippen molar-refractivity contribution in [2.24, 2.45) is 4.99 Å². The monoisotopic (exact) mass is 238 g/mol. The Labute approximate surface area is 107 Å². The number of aromatic amines is 1. The van der Waals surface area contributed by atoms with Gasteiger partial charge in [-0.1, -0.05) is 37.6 Å². The molecule has 0 unspecified atom stereocenters. The molecule has 0 saturated heterocycles. The lowest BCUT2D eigenvalue weighted by Crippen LogP contribution is -2.09. The lowest BCUT2D eigenvalue weighted by Gasteiger charge is -2.10. The van der Waals surface area contributed by atoms with Gasteiger partial charge < -0.3 is 4.98 Å². The summed E-state index contributed by atoms with van der Waals surface area (Å²) in [6, 6.07) is 8.52. The van der Waals surface area contributed by atoms with Crippen molar-refractivity contribution in [2.75, 3.05) is 6.54 Å². The van der Waals surface area contributed by atoms with E-state index in [0.717, 1.165) is 25.1 Å². The smallest absolute Gasteiger partial charge is 0.0809 e. The minimum atomic E-state index is 0.903. The van der Waals surface area contributed by atoms with Gasteiger partial charge in [0.25, 0.3) is 0 Å². The zero-order valence-electron chi connectivity index (χ0n) is 10.7. The Kier molecular flexibility index (Phi) is 3.01. The number of hydrogen-bond acceptors (Lipinski definition) is 1. The van der Waals surface area contributed by atoms with E-state index in [2.05, 4.69) is 53.3 Å². The first-order valence-electron chi connectivity index (χ1n) is 6.71. The number of fused-ring (bicyclic) bond motifs is 3. The van der Waals surface area contributed by atoms with Crippen molar-refractivity contribution in [3.8, 4) is 0 Å². The molecule has 0 radical (unpaired) electrons. The van der Waals surface area contributed by atoms with Gasteiger partial charge in [-0.25, -0.2) is 0 Å². The van der Waals surface area contributed by atoms with Gasteiger partial charge in [-0.05, 0) is 30.5 Å². The highest BCUT2D eigenvalue weighted by Crippen LogP contribution is 2.26. The summed E-state index contributed by atoms with van der Waals surface area (Å²) in [5.41, 5.74) is 4.98. The van der Waals surface area contributed by atoms with E-state index >= 15 is 0 Å². The van der Waals surface area contributed by atoms with Crippen LogP contribution in [-0.4, -0.2) is 17.2 Å². The van der Waals surface area contributed by atoms with Crippen LogP contribution in [0.4, 0.5) is 0 Å². The minimum absolute atomic E-state index is 0.903. The number of rotatable bonds is 3. The van der Waals surface area contributed by atoms with Gasteiger partial charge in [0, 0.05) is 17.4 Å². The van der Waals surface area contributed by atoms with Gasteiger partial charge in [0.1, 0.15) is 0 Å². The third kappa shape index (κ3) is 1.88. The first kappa shape index (κ1) is 11.3. The van der Waals surface area contributed by atoms with Crippen molar-refractivity contribution in [1.82, 2.24) is 4.98 Å². The van der Waals surface area contributed by atoms with E-state index in [9.17, 15) is 0 Å². The molecule has 0 bridgehead atoms. The molecule has 1 aliphatic heterocycles. The predicted molar refractivity (Wildman–Crippen MR) is 77.5 cm³/mol. The molecule has 2 nitrogen and oxygen atoms in total. The average Bonchev–Trinajstić information content (AvgIpc) is 2.79. The zero-order chi connectivity index (χ0) is 12.4. The summed E-state index contributed by atoms with van der Waals surface area (Å²) in [5, 5.41) is 1.35. The van der Waals surface area contributed by atoms with Gasteiger partial charge >= 0.3 is 0 Å². The third-order valence-electron chi connectivity index (χ3n) is 3.44. The van der Waals surface area contributed by atoms with Crippen LogP contribution in [0.2, 0.25) is 0 Å². The second kappa shape index (κ2) is 4.81. The number of H-pyrrole nitrogens is 1. The van der Waals surface area contributed by atoms with Crippen molar-refractivity contribution in [1.29, 1.82) is 0 Å². The number of allylic oxidation sites excluding steroid dienone is 2. The molecule has 2 aromatic rings. The maximum absolute atomic E-state index is 4.64. The maximum Gasteiger partial charge on any atom is 0.0809 e. The molecule has 92 valence electrons. The molecule has 18 heavy (non-hydrogen) atoms. The average molecular weight is 238 g/mol. The molecule has 0 fully saturated rings. The molecule has 1 aromatic carbocycles. The Hall–Kier alpha value is -1.83. The first-order chi connectivity index (χ1) is 8.90. The van der Waals surface area contributed by atoms with Gasteiger partial charge in [0.05, 0.1) is 11.4 Å². The molecular weight excluding hydrogens is 220 g/mol. The molecule has 0 saturated carbocycles. The fourth-order valence-electron chi connectivity index (χ4n) is 2.54. The molecular formula is C16H18N2. The highest BCUT2D eigenvalue weighted by molar-refractivity contribution is 6.12. The Bertz CT molecular complexity index is 617. The fraction of sp³-hybridized carbons (Fsp3) is 0.312. The van der Waals surface area contributed by atoms with Crippen LogP contribution in [0.3, 0.4) is 0 Å². The van der Waals surface area contributed by atoms with E-state index in [1.54, 1.807) is 0 Å². The van der Waals surface area contributed by atoms with Crippen LogP contribution in [0.15, 0.2) is 41.4 Å². The zero-order valence-corrected chi connectivity index (χ0v) is 10.7. The van der Waals surface area contributed by atoms with E-state index in [4.69, 9.17) is 0 Å². The quantitative estimate of drug-likeness (QED) is 0.841. The lowest BCUT2D eigenvalue weighted by molar-refractivity contribution is 0.944. The first-order valence-corrected chi connectivity index (χ1v) is 6.71. The van der Waals surface area contributed by atoms with Crippen LogP contribution in [0.5, 0.6) is 0 Å². The van der Waals surface area contributed by atoms with Crippen LogP contribution < -0.4 is 0 Å². The molecule has 2 heteroatoms. The van der Waals surface area contributed by atoms with E-state index in [1.165, 1.54) is 28.6 Å². The Morgan fingerprint density at radius 3 is 3.11 bits per heavy atom. The van der Waals surface area contributed by atoms with Crippen molar-refractivity contribution in [2.45, 2.75) is 26.2 Å². The highest BCUT2D eigenvalue weighted by atomic mass is 14.8. The molecule has 0 aliphatic carbocycles. The second-order valence-electron chi connectivity index (χ2n) is 4.73. The van der Waals surface area contributed by atoms with Gasteiger partial charge in [-0.15, -0.1) is 0 Å². The van der Waals surface area contributed by atoms with Crippen molar-refractivity contribution >= 4 is 16.6 Å². The summed E-state index contributed by atoms with van der Waals surface area (Å²) in [6.07, 6.45) is 7.73. The fourth-order valence-corrected chi connectivity index (χ4v) is 2.54. The van der Waals surface area contributed by atoms with E-state index in [1.807, 2.05) is 0 Å². The normalized spacial score (nSPS) is 15.1. The molecule has 1 aromatic heterocycles. The standard InChI is InChI=1S/C16H18N2/c1-2-3-4-9-15-16-13(10-11-17-15)12-7-5-6-8-14(12)18-16/h4-9,18H,2-3,10-11H2,1H3/b9-4+. The van der Waals surface area contributed by atoms with Gasteiger partial charge in [-0.2, -0.15) is 0 Å². The molecule has 0 atom stereocenters. The van der Waals surface area contributed by atoms with Gasteiger partial charge in [0.15, 0.2) is 0 Å². The SMILES string of the molecule is CCC/C=C/C1=NCCc2c1[nH]c1ccccc21. The summed E-state index contributed by atoms with van der Waals surface area (Å²) in [4.78, 5) is 8.15. The number of hydrogen-bond donors (Lipinski definition) is 1. The summed E-state index contributed by atoms with van der Waals surface area (Å²) >= 11 is 0. The van der Waals surface area contributed by atoms with Crippen LogP contribution in [-0.2, 0) is 6.42 Å². The van der Waals surface area contributed by atoms with Crippen LogP contribution >= 0.6 is 0 Å². The summed E-state index contributed by atoms with van der Waals surface area (Å²) < 4.78 is 0. The van der Waals surface area contributed by atoms with Crippen LogP contribution in [0.25, 0.3) is 10.9 Å². The maximum atomic E-state index is 4.64. The molecule has 1 aliphatic rings. The lowest BCUT2D eigenvalue weighted by atomic mass is 10.0. The van der Waals surface area contributed by atoms with E-state index in [0.29, 0.717) is 0 Å². The van der Waals surface area contributed by atoms with Crippen molar-refractivity contribution in [3.05, 3.63) is 47.7 Å². The Balaban J connectivity index is 2.05. The number of aliphatic imine (C=N–C) groups is 1. The number of para-hydroxylation sites is 1. The number of nitrogens with one attached hydrogen (secondary N) is 1. The molecule has 1 N–H and O–H groups in total. The summed E-state index contributed by atoms with van der Waals surface area (Å²) in [5.74, 6) is 0. The number of nitrogens with zero attached hydrogens (tertiary/aromatic N) is 1. The Morgan fingerprint density at radius 2 is 2.22 bits per heavy atom. The molecule has 0 amide bonds. The second-order valence-corrected chi connectivity index (χ2v) is 4.73. The number of aromatic nitrogens is 1. The molecule has 0 spiro atoms. The van der Waals surface area contributed by atoms with E-state index < -0.39 is 0 Å². The number of benzene rings is 1. The van der Waals surface area contributed by atoms with Crippen molar-refractivity contribution in [3.63, 3.8) is 0 Å². The largest absolute Gasteiger partial charge is 0.353 e. The van der Waals surface area contributed by atoms with E-state index in [-0.39, 0.29) is 0 Å². The van der Waals surface area contributed by atoms with Crippen molar-refractivity contribution < 1.29 is 0 Å². The summed E-state index contributed by atoms with van der Waals surface area (Å²) in [6.45, 7) is 3.10. The topological polar surface area (TPSA) is 28.1 Å².